The number of para-hydroxylation sites is 2. The molecule has 0 fully saturated rings. The van der Waals surface area contributed by atoms with Crippen molar-refractivity contribution in [2.24, 2.45) is 5.73 Å². The number of anilines is 2. The normalized spacial score (nSPS) is 10.1. The van der Waals surface area contributed by atoms with Crippen molar-refractivity contribution in [3.63, 3.8) is 0 Å². The fourth-order valence-corrected chi connectivity index (χ4v) is 2.11. The molecule has 0 aliphatic heterocycles. The second-order valence-electron chi connectivity index (χ2n) is 5.33. The largest absolute Gasteiger partial charge is 0.483 e. The molecule has 6 nitrogen and oxygen atoms in total. The zero-order valence-corrected chi connectivity index (χ0v) is 13.8. The van der Waals surface area contributed by atoms with Crippen molar-refractivity contribution in [2.75, 3.05) is 23.8 Å². The van der Waals surface area contributed by atoms with Crippen LogP contribution in [0.2, 0.25) is 0 Å². The molecule has 0 unspecified atom stereocenters. The van der Waals surface area contributed by atoms with Crippen molar-refractivity contribution in [2.45, 2.75) is 13.8 Å². The van der Waals surface area contributed by atoms with Crippen LogP contribution in [-0.4, -0.2) is 25.0 Å². The molecular weight excluding hydrogens is 306 g/mol. The third-order valence-electron chi connectivity index (χ3n) is 3.57. The quantitative estimate of drug-likeness (QED) is 0.758. The minimum absolute atomic E-state index is 0.122. The van der Waals surface area contributed by atoms with E-state index in [4.69, 9.17) is 10.5 Å². The van der Waals surface area contributed by atoms with Crippen molar-refractivity contribution in [1.29, 1.82) is 0 Å². The van der Waals surface area contributed by atoms with E-state index in [1.54, 1.807) is 24.3 Å². The summed E-state index contributed by atoms with van der Waals surface area (Å²) in [7, 11) is 0. The Labute approximate surface area is 141 Å². The first-order valence-corrected chi connectivity index (χ1v) is 7.59. The SMILES string of the molecule is Cc1cccc(OCC(=O)Nc2ccccc2NC(=O)CN)c1C. The third kappa shape index (κ3) is 4.57. The van der Waals surface area contributed by atoms with Crippen molar-refractivity contribution < 1.29 is 14.3 Å². The Bertz CT molecular complexity index is 744. The molecule has 0 saturated carbocycles. The van der Waals surface area contributed by atoms with Crippen LogP contribution in [0.5, 0.6) is 5.75 Å². The standard InChI is InChI=1S/C18H21N3O3/c1-12-6-5-9-16(13(12)2)24-11-18(23)21-15-8-4-3-7-14(15)20-17(22)10-19/h3-9H,10-11,19H2,1-2H3,(H,20,22)(H,21,23). The summed E-state index contributed by atoms with van der Waals surface area (Å²) in [5.41, 5.74) is 8.38. The van der Waals surface area contributed by atoms with Crippen LogP contribution in [-0.2, 0) is 9.59 Å². The van der Waals surface area contributed by atoms with Crippen LogP contribution >= 0.6 is 0 Å². The highest BCUT2D eigenvalue weighted by atomic mass is 16.5. The van der Waals surface area contributed by atoms with Crippen molar-refractivity contribution in [3.8, 4) is 5.75 Å². The lowest BCUT2D eigenvalue weighted by molar-refractivity contribution is -0.118. The maximum Gasteiger partial charge on any atom is 0.262 e. The Balaban J connectivity index is 2.00. The molecule has 0 bridgehead atoms. The summed E-state index contributed by atoms with van der Waals surface area (Å²) in [6, 6.07) is 12.6. The molecule has 6 heteroatoms. The maximum absolute atomic E-state index is 12.1. The predicted octanol–water partition coefficient (Wildman–Crippen LogP) is 2.22. The van der Waals surface area contributed by atoms with E-state index >= 15 is 0 Å². The summed E-state index contributed by atoms with van der Waals surface area (Å²) in [6.07, 6.45) is 0. The first kappa shape index (κ1) is 17.5. The van der Waals surface area contributed by atoms with E-state index < -0.39 is 0 Å². The van der Waals surface area contributed by atoms with Gasteiger partial charge in [0, 0.05) is 0 Å². The van der Waals surface area contributed by atoms with Gasteiger partial charge in [-0.1, -0.05) is 24.3 Å². The van der Waals surface area contributed by atoms with Gasteiger partial charge >= 0.3 is 0 Å². The number of carbonyl (C=O) groups is 2. The summed E-state index contributed by atoms with van der Waals surface area (Å²) >= 11 is 0. The van der Waals surface area contributed by atoms with E-state index in [1.165, 1.54) is 0 Å². The van der Waals surface area contributed by atoms with Gasteiger partial charge in [-0.2, -0.15) is 0 Å². The molecule has 0 aliphatic carbocycles. The van der Waals surface area contributed by atoms with E-state index in [2.05, 4.69) is 10.6 Å². The molecule has 0 heterocycles. The topological polar surface area (TPSA) is 93.5 Å². The van der Waals surface area contributed by atoms with Gasteiger partial charge in [-0.25, -0.2) is 0 Å². The number of rotatable bonds is 6. The number of amides is 2. The van der Waals surface area contributed by atoms with Crippen LogP contribution in [0.15, 0.2) is 42.5 Å². The fourth-order valence-electron chi connectivity index (χ4n) is 2.11. The molecule has 2 aromatic rings. The third-order valence-corrected chi connectivity index (χ3v) is 3.57. The van der Waals surface area contributed by atoms with Gasteiger partial charge in [0.1, 0.15) is 5.75 Å². The molecule has 0 saturated heterocycles. The lowest BCUT2D eigenvalue weighted by Gasteiger charge is -2.13. The average Bonchev–Trinajstić information content (AvgIpc) is 2.58. The molecule has 2 amide bonds. The van der Waals surface area contributed by atoms with Gasteiger partial charge in [0.2, 0.25) is 5.91 Å². The molecule has 0 atom stereocenters. The number of hydrogen-bond donors (Lipinski definition) is 3. The number of carbonyl (C=O) groups excluding carboxylic acids is 2. The minimum Gasteiger partial charge on any atom is -0.483 e. The van der Waals surface area contributed by atoms with Crippen LogP contribution in [0.25, 0.3) is 0 Å². The van der Waals surface area contributed by atoms with Gasteiger partial charge in [-0.15, -0.1) is 0 Å². The Hall–Kier alpha value is -2.86. The first-order chi connectivity index (χ1) is 11.5. The zero-order chi connectivity index (χ0) is 17.5. The Kier molecular flexibility index (Phi) is 5.92. The smallest absolute Gasteiger partial charge is 0.262 e. The van der Waals surface area contributed by atoms with Gasteiger partial charge in [0.25, 0.3) is 5.91 Å². The molecule has 0 aliphatic rings. The van der Waals surface area contributed by atoms with Crippen LogP contribution in [0.4, 0.5) is 11.4 Å². The number of nitrogens with one attached hydrogen (secondary N) is 2. The minimum atomic E-state index is -0.330. The highest BCUT2D eigenvalue weighted by Crippen LogP contribution is 2.22. The van der Waals surface area contributed by atoms with E-state index in [0.29, 0.717) is 17.1 Å². The van der Waals surface area contributed by atoms with E-state index in [0.717, 1.165) is 11.1 Å². The molecule has 0 radical (unpaired) electrons. The monoisotopic (exact) mass is 327 g/mol. The summed E-state index contributed by atoms with van der Waals surface area (Å²) in [5, 5.41) is 5.36. The molecule has 2 aromatic carbocycles. The fraction of sp³-hybridized carbons (Fsp3) is 0.222. The van der Waals surface area contributed by atoms with Crippen LogP contribution in [0.1, 0.15) is 11.1 Å². The number of ether oxygens (including phenoxy) is 1. The second kappa shape index (κ2) is 8.12. The van der Waals surface area contributed by atoms with Gasteiger partial charge in [0.15, 0.2) is 6.61 Å². The van der Waals surface area contributed by atoms with Crippen LogP contribution in [0.3, 0.4) is 0 Å². The maximum atomic E-state index is 12.1. The highest BCUT2D eigenvalue weighted by Gasteiger charge is 2.10. The number of nitrogens with two attached hydrogens (primary N) is 1. The van der Waals surface area contributed by atoms with Gasteiger partial charge in [-0.3, -0.25) is 9.59 Å². The summed E-state index contributed by atoms with van der Waals surface area (Å²) in [4.78, 5) is 23.5. The predicted molar refractivity (Wildman–Crippen MR) is 94.2 cm³/mol. The molecule has 0 spiro atoms. The molecule has 2 rings (SSSR count). The number of aryl methyl sites for hydroxylation is 1. The molecular formula is C18H21N3O3. The summed E-state index contributed by atoms with van der Waals surface area (Å²) in [6.45, 7) is 3.68. The molecule has 126 valence electrons. The van der Waals surface area contributed by atoms with Gasteiger partial charge < -0.3 is 21.1 Å². The summed E-state index contributed by atoms with van der Waals surface area (Å²) in [5.74, 6) is 0.0311. The highest BCUT2D eigenvalue weighted by molar-refractivity contribution is 6.00. The molecule has 24 heavy (non-hydrogen) atoms. The lowest BCUT2D eigenvalue weighted by atomic mass is 10.1. The Morgan fingerprint density at radius 1 is 0.958 bits per heavy atom. The first-order valence-electron chi connectivity index (χ1n) is 7.59. The molecule has 4 N–H and O–H groups in total. The Morgan fingerprint density at radius 3 is 2.21 bits per heavy atom. The van der Waals surface area contributed by atoms with Gasteiger partial charge in [-0.05, 0) is 43.2 Å². The van der Waals surface area contributed by atoms with Crippen molar-refractivity contribution in [1.82, 2.24) is 0 Å². The molecule has 0 aromatic heterocycles. The number of hydrogen-bond acceptors (Lipinski definition) is 4. The lowest BCUT2D eigenvalue weighted by Crippen LogP contribution is -2.24. The van der Waals surface area contributed by atoms with E-state index in [9.17, 15) is 9.59 Å². The average molecular weight is 327 g/mol. The van der Waals surface area contributed by atoms with Gasteiger partial charge in [0.05, 0.1) is 17.9 Å². The van der Waals surface area contributed by atoms with Crippen molar-refractivity contribution in [3.05, 3.63) is 53.6 Å². The van der Waals surface area contributed by atoms with Crippen molar-refractivity contribution >= 4 is 23.2 Å². The number of benzene rings is 2. The van der Waals surface area contributed by atoms with Crippen LogP contribution < -0.4 is 21.1 Å². The Morgan fingerprint density at radius 2 is 1.58 bits per heavy atom. The zero-order valence-electron chi connectivity index (χ0n) is 13.8. The van der Waals surface area contributed by atoms with E-state index in [1.807, 2.05) is 32.0 Å². The summed E-state index contributed by atoms with van der Waals surface area (Å²) < 4.78 is 5.57. The van der Waals surface area contributed by atoms with E-state index in [-0.39, 0.29) is 25.0 Å². The van der Waals surface area contributed by atoms with Crippen LogP contribution in [0, 0.1) is 13.8 Å². The second-order valence-corrected chi connectivity index (χ2v) is 5.33.